The van der Waals surface area contributed by atoms with Crippen molar-refractivity contribution in [3.63, 3.8) is 0 Å². The normalized spacial score (nSPS) is 13.2. The van der Waals surface area contributed by atoms with Crippen LogP contribution < -0.4 is 15.4 Å². The van der Waals surface area contributed by atoms with Crippen LogP contribution in [-0.2, 0) is 16.1 Å². The first kappa shape index (κ1) is 17.0. The molecule has 25 heavy (non-hydrogen) atoms. The lowest BCUT2D eigenvalue weighted by atomic mass is 10.1. The molecule has 1 aliphatic rings. The van der Waals surface area contributed by atoms with Crippen LogP contribution in [0, 0.1) is 12.8 Å². The number of aryl methyl sites for hydroxylation is 1. The third-order valence-corrected chi connectivity index (χ3v) is 3.91. The van der Waals surface area contributed by atoms with Gasteiger partial charge in [-0.2, -0.15) is 0 Å². The van der Waals surface area contributed by atoms with E-state index < -0.39 is 0 Å². The average molecular weight is 339 g/mol. The minimum atomic E-state index is -0.214. The van der Waals surface area contributed by atoms with E-state index in [4.69, 9.17) is 4.74 Å². The molecule has 0 spiro atoms. The monoisotopic (exact) mass is 339 g/mol. The second kappa shape index (κ2) is 7.79. The van der Waals surface area contributed by atoms with Gasteiger partial charge in [0.05, 0.1) is 11.9 Å². The zero-order valence-electron chi connectivity index (χ0n) is 14.1. The lowest BCUT2D eigenvalue weighted by Gasteiger charge is -2.08. The molecule has 1 heterocycles. The molecule has 6 heteroatoms. The molecule has 1 aromatic carbocycles. The standard InChI is InChI=1S/C19H21N3O3/c1-13-2-4-14(5-3-13)10-20-17(23)12-25-18-9-8-16(11-21-18)22-19(24)15-6-7-15/h2-5,8-9,11,15H,6-7,10,12H2,1H3,(H,20,23)(H,22,24). The maximum atomic E-state index is 11.8. The van der Waals surface area contributed by atoms with Crippen molar-refractivity contribution in [2.45, 2.75) is 26.3 Å². The molecule has 0 radical (unpaired) electrons. The van der Waals surface area contributed by atoms with Crippen LogP contribution in [0.4, 0.5) is 5.69 Å². The molecule has 0 aliphatic heterocycles. The molecule has 2 N–H and O–H groups in total. The van der Waals surface area contributed by atoms with E-state index in [0.29, 0.717) is 18.1 Å². The fraction of sp³-hybridized carbons (Fsp3) is 0.316. The van der Waals surface area contributed by atoms with Gasteiger partial charge in [-0.3, -0.25) is 9.59 Å². The highest BCUT2D eigenvalue weighted by atomic mass is 16.5. The van der Waals surface area contributed by atoms with Crippen LogP contribution in [0.3, 0.4) is 0 Å². The number of amides is 2. The van der Waals surface area contributed by atoms with E-state index in [2.05, 4.69) is 15.6 Å². The molecule has 0 unspecified atom stereocenters. The molecule has 1 aliphatic carbocycles. The van der Waals surface area contributed by atoms with Crippen molar-refractivity contribution in [2.24, 2.45) is 5.92 Å². The van der Waals surface area contributed by atoms with E-state index in [1.807, 2.05) is 31.2 Å². The number of hydrogen-bond donors (Lipinski definition) is 2. The molecule has 2 amide bonds. The Hall–Kier alpha value is -2.89. The third-order valence-electron chi connectivity index (χ3n) is 3.91. The van der Waals surface area contributed by atoms with Crippen molar-refractivity contribution in [2.75, 3.05) is 11.9 Å². The second-order valence-electron chi connectivity index (χ2n) is 6.20. The molecular weight excluding hydrogens is 318 g/mol. The number of aromatic nitrogens is 1. The van der Waals surface area contributed by atoms with Crippen LogP contribution in [0.15, 0.2) is 42.6 Å². The Labute approximate surface area is 146 Å². The Kier molecular flexibility index (Phi) is 5.28. The highest BCUT2D eigenvalue weighted by Crippen LogP contribution is 2.30. The van der Waals surface area contributed by atoms with Crippen LogP contribution in [0.25, 0.3) is 0 Å². The van der Waals surface area contributed by atoms with Crippen molar-refractivity contribution in [1.29, 1.82) is 0 Å². The Morgan fingerprint density at radius 1 is 1.16 bits per heavy atom. The minimum Gasteiger partial charge on any atom is -0.468 e. The number of anilines is 1. The number of pyridine rings is 1. The zero-order valence-corrected chi connectivity index (χ0v) is 14.1. The van der Waals surface area contributed by atoms with Crippen LogP contribution in [-0.4, -0.2) is 23.4 Å². The van der Waals surface area contributed by atoms with Crippen molar-refractivity contribution in [3.8, 4) is 5.88 Å². The molecule has 2 aromatic rings. The van der Waals surface area contributed by atoms with E-state index in [1.165, 1.54) is 11.8 Å². The highest BCUT2D eigenvalue weighted by Gasteiger charge is 2.29. The van der Waals surface area contributed by atoms with E-state index in [-0.39, 0.29) is 24.3 Å². The number of nitrogens with zero attached hydrogens (tertiary/aromatic N) is 1. The predicted molar refractivity (Wildman–Crippen MR) is 94.1 cm³/mol. The highest BCUT2D eigenvalue weighted by molar-refractivity contribution is 5.93. The number of hydrogen-bond acceptors (Lipinski definition) is 4. The summed E-state index contributed by atoms with van der Waals surface area (Å²) in [5, 5.41) is 5.60. The Morgan fingerprint density at radius 2 is 1.92 bits per heavy atom. The summed E-state index contributed by atoms with van der Waals surface area (Å²) in [6.07, 6.45) is 3.44. The summed E-state index contributed by atoms with van der Waals surface area (Å²) < 4.78 is 5.36. The van der Waals surface area contributed by atoms with Gasteiger partial charge in [-0.1, -0.05) is 29.8 Å². The molecule has 1 fully saturated rings. The molecular formula is C19H21N3O3. The lowest BCUT2D eigenvalue weighted by Crippen LogP contribution is -2.28. The summed E-state index contributed by atoms with van der Waals surface area (Å²) in [5.41, 5.74) is 2.85. The predicted octanol–water partition coefficient (Wildman–Crippen LogP) is 2.43. The van der Waals surface area contributed by atoms with Gasteiger partial charge in [0, 0.05) is 18.5 Å². The molecule has 6 nitrogen and oxygen atoms in total. The van der Waals surface area contributed by atoms with Gasteiger partial charge in [0.2, 0.25) is 11.8 Å². The fourth-order valence-corrected chi connectivity index (χ4v) is 2.23. The van der Waals surface area contributed by atoms with Crippen molar-refractivity contribution >= 4 is 17.5 Å². The second-order valence-corrected chi connectivity index (χ2v) is 6.20. The van der Waals surface area contributed by atoms with Crippen molar-refractivity contribution in [1.82, 2.24) is 10.3 Å². The first-order valence-electron chi connectivity index (χ1n) is 8.32. The van der Waals surface area contributed by atoms with Gasteiger partial charge in [0.1, 0.15) is 0 Å². The van der Waals surface area contributed by atoms with E-state index in [0.717, 1.165) is 18.4 Å². The smallest absolute Gasteiger partial charge is 0.258 e. The van der Waals surface area contributed by atoms with Crippen molar-refractivity contribution in [3.05, 3.63) is 53.7 Å². The fourth-order valence-electron chi connectivity index (χ4n) is 2.23. The largest absolute Gasteiger partial charge is 0.468 e. The quantitative estimate of drug-likeness (QED) is 0.812. The summed E-state index contributed by atoms with van der Waals surface area (Å²) in [7, 11) is 0. The van der Waals surface area contributed by atoms with Gasteiger partial charge in [-0.25, -0.2) is 4.98 Å². The summed E-state index contributed by atoms with van der Waals surface area (Å²) in [6, 6.07) is 11.3. The molecule has 0 bridgehead atoms. The minimum absolute atomic E-state index is 0.0333. The molecule has 130 valence electrons. The summed E-state index contributed by atoms with van der Waals surface area (Å²) in [4.78, 5) is 27.6. The number of carbonyl (C=O) groups excluding carboxylic acids is 2. The average Bonchev–Trinajstić information content (AvgIpc) is 3.46. The number of benzene rings is 1. The maximum Gasteiger partial charge on any atom is 0.258 e. The number of ether oxygens (including phenoxy) is 1. The first-order chi connectivity index (χ1) is 12.1. The molecule has 1 aromatic heterocycles. The van der Waals surface area contributed by atoms with E-state index >= 15 is 0 Å². The van der Waals surface area contributed by atoms with Crippen LogP contribution in [0.2, 0.25) is 0 Å². The summed E-state index contributed by atoms with van der Waals surface area (Å²) in [5.74, 6) is 0.308. The molecule has 0 saturated heterocycles. The van der Waals surface area contributed by atoms with Gasteiger partial charge in [-0.15, -0.1) is 0 Å². The van der Waals surface area contributed by atoms with E-state index in [9.17, 15) is 9.59 Å². The maximum absolute atomic E-state index is 11.8. The van der Waals surface area contributed by atoms with Crippen molar-refractivity contribution < 1.29 is 14.3 Å². The Balaban J connectivity index is 1.40. The Morgan fingerprint density at radius 3 is 2.56 bits per heavy atom. The summed E-state index contributed by atoms with van der Waals surface area (Å²) >= 11 is 0. The van der Waals surface area contributed by atoms with Gasteiger partial charge >= 0.3 is 0 Å². The molecule has 0 atom stereocenters. The lowest BCUT2D eigenvalue weighted by molar-refractivity contribution is -0.123. The van der Waals surface area contributed by atoms with Crippen LogP contribution in [0.1, 0.15) is 24.0 Å². The molecule has 1 saturated carbocycles. The van der Waals surface area contributed by atoms with Gasteiger partial charge in [0.25, 0.3) is 5.91 Å². The van der Waals surface area contributed by atoms with Gasteiger partial charge < -0.3 is 15.4 Å². The molecule has 3 rings (SSSR count). The zero-order chi connectivity index (χ0) is 17.6. The SMILES string of the molecule is Cc1ccc(CNC(=O)COc2ccc(NC(=O)C3CC3)cn2)cc1. The number of rotatable bonds is 7. The number of carbonyl (C=O) groups is 2. The van der Waals surface area contributed by atoms with Crippen LogP contribution in [0.5, 0.6) is 5.88 Å². The first-order valence-corrected chi connectivity index (χ1v) is 8.32. The third kappa shape index (κ3) is 5.31. The van der Waals surface area contributed by atoms with Gasteiger partial charge in [0.15, 0.2) is 6.61 Å². The van der Waals surface area contributed by atoms with Gasteiger partial charge in [-0.05, 0) is 31.4 Å². The van der Waals surface area contributed by atoms with E-state index in [1.54, 1.807) is 12.1 Å². The topological polar surface area (TPSA) is 80.3 Å². The summed E-state index contributed by atoms with van der Waals surface area (Å²) in [6.45, 7) is 2.38. The number of nitrogens with one attached hydrogen (secondary N) is 2. The van der Waals surface area contributed by atoms with Crippen LogP contribution >= 0.6 is 0 Å². The Bertz CT molecular complexity index is 738.